The molecule has 0 aromatic carbocycles. The molecule has 13 heavy (non-hydrogen) atoms. The largest absolute Gasteiger partial charge is 0.362 e. The highest BCUT2D eigenvalue weighted by Gasteiger charge is 2.11. The first kappa shape index (κ1) is 10.8. The number of rotatable bonds is 1. The molecule has 0 spiro atoms. The average molecular weight is 217 g/mol. The van der Waals surface area contributed by atoms with Crippen molar-refractivity contribution in [2.24, 2.45) is 5.10 Å². The van der Waals surface area contributed by atoms with E-state index in [2.05, 4.69) is 22.5 Å². The molecule has 1 heterocycles. The smallest absolute Gasteiger partial charge is 0.153 e. The molecular weight excluding hydrogens is 202 g/mol. The molecule has 5 heteroatoms. The lowest BCUT2D eigenvalue weighted by Gasteiger charge is -2.25. The van der Waals surface area contributed by atoms with Crippen LogP contribution in [0.3, 0.4) is 0 Å². The highest BCUT2D eigenvalue weighted by Crippen LogP contribution is 2.09. The maximum atomic E-state index is 4.99. The normalized spacial score (nSPS) is 20.5. The zero-order valence-electron chi connectivity index (χ0n) is 8.04. The third-order valence-electron chi connectivity index (χ3n) is 2.05. The summed E-state index contributed by atoms with van der Waals surface area (Å²) in [5.41, 5.74) is 2.87. The second-order valence-electron chi connectivity index (χ2n) is 3.01. The minimum Gasteiger partial charge on any atom is -0.362 e. The van der Waals surface area contributed by atoms with Crippen molar-refractivity contribution in [1.82, 2.24) is 10.3 Å². The van der Waals surface area contributed by atoms with Crippen molar-refractivity contribution in [3.8, 4) is 0 Å². The van der Waals surface area contributed by atoms with Crippen LogP contribution in [0.1, 0.15) is 19.3 Å². The predicted molar refractivity (Wildman–Crippen MR) is 63.2 cm³/mol. The number of thiocarbonyl (C=S) groups is 1. The van der Waals surface area contributed by atoms with Gasteiger partial charge in [0.1, 0.15) is 5.84 Å². The summed E-state index contributed by atoms with van der Waals surface area (Å²) in [6.45, 7) is 1.10. The summed E-state index contributed by atoms with van der Waals surface area (Å²) in [4.78, 5) is 2.18. The number of thioether (sulfide) groups is 1. The van der Waals surface area contributed by atoms with Crippen LogP contribution in [-0.2, 0) is 0 Å². The first-order chi connectivity index (χ1) is 6.24. The molecule has 0 amide bonds. The molecule has 0 radical (unpaired) electrons. The molecule has 0 atom stereocenters. The lowest BCUT2D eigenvalue weighted by molar-refractivity contribution is 0.431. The Kier molecular flexibility index (Phi) is 4.52. The third-order valence-corrected chi connectivity index (χ3v) is 3.10. The lowest BCUT2D eigenvalue weighted by atomic mass is 10.1. The van der Waals surface area contributed by atoms with Crippen LogP contribution in [0.25, 0.3) is 0 Å². The van der Waals surface area contributed by atoms with Crippen LogP contribution in [-0.4, -0.2) is 34.9 Å². The standard InChI is InChI=1S/C8H15N3S2/c1-11-6-4-3-5-7(11)9-10-8(12)13-2/h3-6H2,1-2H3,(H,10,12)/b9-7+. The first-order valence-electron chi connectivity index (χ1n) is 4.35. The second-order valence-corrected chi connectivity index (χ2v) is 4.49. The van der Waals surface area contributed by atoms with Gasteiger partial charge in [0, 0.05) is 20.0 Å². The first-order valence-corrected chi connectivity index (χ1v) is 5.99. The molecule has 0 aromatic heterocycles. The molecule has 0 aromatic rings. The van der Waals surface area contributed by atoms with Crippen LogP contribution in [0, 0.1) is 0 Å². The maximum absolute atomic E-state index is 4.99. The monoisotopic (exact) mass is 217 g/mol. The number of likely N-dealkylation sites (tertiary alicyclic amines) is 1. The summed E-state index contributed by atoms with van der Waals surface area (Å²) in [5.74, 6) is 1.11. The van der Waals surface area contributed by atoms with Crippen LogP contribution >= 0.6 is 24.0 Å². The van der Waals surface area contributed by atoms with E-state index >= 15 is 0 Å². The summed E-state index contributed by atoms with van der Waals surface area (Å²) in [5, 5.41) is 4.27. The molecule has 0 bridgehead atoms. The van der Waals surface area contributed by atoms with Gasteiger partial charge in [-0.2, -0.15) is 5.10 Å². The van der Waals surface area contributed by atoms with Crippen LogP contribution in [0.5, 0.6) is 0 Å². The van der Waals surface area contributed by atoms with Crippen LogP contribution in [0.2, 0.25) is 0 Å². The fourth-order valence-electron chi connectivity index (χ4n) is 1.25. The van der Waals surface area contributed by atoms with Gasteiger partial charge >= 0.3 is 0 Å². The van der Waals surface area contributed by atoms with Crippen molar-refractivity contribution in [3.05, 3.63) is 0 Å². The number of nitrogens with one attached hydrogen (secondary N) is 1. The van der Waals surface area contributed by atoms with Gasteiger partial charge in [0.05, 0.1) is 0 Å². The Hall–Kier alpha value is -0.290. The topological polar surface area (TPSA) is 27.6 Å². The lowest BCUT2D eigenvalue weighted by Crippen LogP contribution is -2.33. The van der Waals surface area contributed by atoms with E-state index in [-0.39, 0.29) is 0 Å². The quantitative estimate of drug-likeness (QED) is 0.534. The third kappa shape index (κ3) is 3.52. The SMILES string of the molecule is CSC(=S)N/N=C1\CCCCN1C. The number of piperidine rings is 1. The van der Waals surface area contributed by atoms with Gasteiger partial charge in [-0.05, 0) is 19.1 Å². The number of amidine groups is 1. The number of hydrogen-bond acceptors (Lipinski definition) is 3. The van der Waals surface area contributed by atoms with Gasteiger partial charge in [-0.25, -0.2) is 0 Å². The Bertz CT molecular complexity index is 215. The molecule has 3 nitrogen and oxygen atoms in total. The summed E-state index contributed by atoms with van der Waals surface area (Å²) >= 11 is 6.50. The van der Waals surface area contributed by atoms with Crippen LogP contribution < -0.4 is 5.43 Å². The molecule has 1 aliphatic heterocycles. The minimum absolute atomic E-state index is 0.728. The Labute approximate surface area is 88.9 Å². The van der Waals surface area contributed by atoms with Crippen molar-refractivity contribution in [1.29, 1.82) is 0 Å². The molecule has 1 rings (SSSR count). The van der Waals surface area contributed by atoms with Gasteiger partial charge in [-0.1, -0.05) is 24.0 Å². The number of hydrogen-bond donors (Lipinski definition) is 1. The van der Waals surface area contributed by atoms with Crippen molar-refractivity contribution < 1.29 is 0 Å². The van der Waals surface area contributed by atoms with E-state index in [1.807, 2.05) is 6.26 Å². The number of hydrazone groups is 1. The second kappa shape index (κ2) is 5.44. The van der Waals surface area contributed by atoms with Gasteiger partial charge in [-0.3, -0.25) is 5.43 Å². The van der Waals surface area contributed by atoms with Crippen LogP contribution in [0.15, 0.2) is 5.10 Å². The van der Waals surface area contributed by atoms with Gasteiger partial charge in [-0.15, -0.1) is 0 Å². The molecule has 0 unspecified atom stereocenters. The Balaban J connectivity index is 2.43. The molecule has 1 saturated heterocycles. The average Bonchev–Trinajstić information content (AvgIpc) is 2.16. The zero-order chi connectivity index (χ0) is 9.68. The van der Waals surface area contributed by atoms with E-state index in [1.165, 1.54) is 24.6 Å². The fraction of sp³-hybridized carbons (Fsp3) is 0.750. The van der Waals surface area contributed by atoms with Gasteiger partial charge < -0.3 is 4.90 Å². The molecular formula is C8H15N3S2. The fourth-order valence-corrected chi connectivity index (χ4v) is 1.43. The van der Waals surface area contributed by atoms with Crippen LogP contribution in [0.4, 0.5) is 0 Å². The highest BCUT2D eigenvalue weighted by atomic mass is 32.2. The molecule has 1 N–H and O–H groups in total. The Morgan fingerprint density at radius 2 is 2.38 bits per heavy atom. The van der Waals surface area contributed by atoms with Crippen molar-refractivity contribution in [3.63, 3.8) is 0 Å². The van der Waals surface area contributed by atoms with Gasteiger partial charge in [0.25, 0.3) is 0 Å². The van der Waals surface area contributed by atoms with E-state index in [0.717, 1.165) is 23.1 Å². The van der Waals surface area contributed by atoms with Crippen molar-refractivity contribution >= 4 is 34.1 Å². The maximum Gasteiger partial charge on any atom is 0.153 e. The van der Waals surface area contributed by atoms with Crippen molar-refractivity contribution in [2.75, 3.05) is 19.8 Å². The molecule has 1 fully saturated rings. The molecule has 0 saturated carbocycles. The molecule has 74 valence electrons. The Morgan fingerprint density at radius 3 is 3.00 bits per heavy atom. The van der Waals surface area contributed by atoms with E-state index in [4.69, 9.17) is 12.2 Å². The summed E-state index contributed by atoms with van der Waals surface area (Å²) in [6, 6.07) is 0. The van der Waals surface area contributed by atoms with E-state index in [0.29, 0.717) is 0 Å². The summed E-state index contributed by atoms with van der Waals surface area (Å²) < 4.78 is 0.728. The number of nitrogens with zero attached hydrogens (tertiary/aromatic N) is 2. The summed E-state index contributed by atoms with van der Waals surface area (Å²) in [6.07, 6.45) is 5.50. The molecule has 0 aliphatic carbocycles. The van der Waals surface area contributed by atoms with E-state index in [1.54, 1.807) is 0 Å². The highest BCUT2D eigenvalue weighted by molar-refractivity contribution is 8.22. The van der Waals surface area contributed by atoms with Crippen molar-refractivity contribution in [2.45, 2.75) is 19.3 Å². The van der Waals surface area contributed by atoms with Gasteiger partial charge in [0.2, 0.25) is 0 Å². The van der Waals surface area contributed by atoms with Gasteiger partial charge in [0.15, 0.2) is 4.32 Å². The predicted octanol–water partition coefficient (Wildman–Crippen LogP) is 1.65. The summed E-state index contributed by atoms with van der Waals surface area (Å²) in [7, 11) is 2.07. The molecule has 1 aliphatic rings. The Morgan fingerprint density at radius 1 is 1.62 bits per heavy atom. The van der Waals surface area contributed by atoms with E-state index < -0.39 is 0 Å². The zero-order valence-corrected chi connectivity index (χ0v) is 9.67. The van der Waals surface area contributed by atoms with E-state index in [9.17, 15) is 0 Å². The minimum atomic E-state index is 0.728.